The molecule has 2 bridgehead atoms. The van der Waals surface area contributed by atoms with Crippen LogP contribution in [-0.4, -0.2) is 5.78 Å². The number of ketones is 1. The molecule has 1 nitrogen and oxygen atoms in total. The maximum atomic E-state index is 12.1. The van der Waals surface area contributed by atoms with Crippen LogP contribution in [0.15, 0.2) is 18.2 Å². The molecule has 1 fully saturated rings. The average molecular weight is 238 g/mol. The minimum absolute atomic E-state index is 0.319. The number of hydrogen-bond donors (Lipinski definition) is 0. The van der Waals surface area contributed by atoms with Crippen LogP contribution in [0.1, 0.15) is 41.5 Å². The number of benzene rings is 1. The number of rotatable bonds is 0. The summed E-state index contributed by atoms with van der Waals surface area (Å²) < 4.78 is 0. The minimum Gasteiger partial charge on any atom is -0.295 e. The first-order chi connectivity index (χ1) is 8.61. The second-order valence-corrected chi connectivity index (χ2v) is 6.39. The van der Waals surface area contributed by atoms with Gasteiger partial charge in [0.2, 0.25) is 0 Å². The second kappa shape index (κ2) is 3.14. The molecule has 2 atom stereocenters. The van der Waals surface area contributed by atoms with Crippen LogP contribution >= 0.6 is 0 Å². The largest absolute Gasteiger partial charge is 0.295 e. The lowest BCUT2D eigenvalue weighted by atomic mass is 9.74. The molecule has 0 N–H and O–H groups in total. The normalized spacial score (nSPS) is 32.2. The third-order valence-electron chi connectivity index (χ3n) is 5.54. The predicted octanol–water partition coefficient (Wildman–Crippen LogP) is 3.61. The summed E-state index contributed by atoms with van der Waals surface area (Å²) in [4.78, 5) is 12.1. The molecule has 0 amide bonds. The van der Waals surface area contributed by atoms with Crippen molar-refractivity contribution in [3.05, 3.63) is 40.5 Å². The lowest BCUT2D eigenvalue weighted by Crippen LogP contribution is -2.23. The third kappa shape index (κ3) is 1.10. The van der Waals surface area contributed by atoms with E-state index in [4.69, 9.17) is 0 Å². The standard InChI is InChI=1S/C17H18O/c1-10-3-4-13-14(11(10)2)9-17-6-5-12(8-17)16(18)7-15(13)17/h3-4,7,12H,5-6,8-9H2,1-2H3. The topological polar surface area (TPSA) is 17.1 Å². The molecule has 1 spiro atoms. The van der Waals surface area contributed by atoms with Gasteiger partial charge in [-0.25, -0.2) is 0 Å². The first kappa shape index (κ1) is 10.5. The Morgan fingerprint density at radius 2 is 2.11 bits per heavy atom. The van der Waals surface area contributed by atoms with Crippen molar-refractivity contribution in [3.8, 4) is 0 Å². The lowest BCUT2D eigenvalue weighted by molar-refractivity contribution is -0.118. The molecular weight excluding hydrogens is 220 g/mol. The molecule has 1 heteroatoms. The number of allylic oxidation sites excluding steroid dienone is 2. The van der Waals surface area contributed by atoms with E-state index in [-0.39, 0.29) is 0 Å². The predicted molar refractivity (Wildman–Crippen MR) is 72.4 cm³/mol. The average Bonchev–Trinajstić information content (AvgIpc) is 2.87. The van der Waals surface area contributed by atoms with Gasteiger partial charge in [0.15, 0.2) is 5.78 Å². The van der Waals surface area contributed by atoms with E-state index in [0.29, 0.717) is 17.1 Å². The molecule has 0 aromatic heterocycles. The summed E-state index contributed by atoms with van der Waals surface area (Å²) in [6, 6.07) is 4.45. The van der Waals surface area contributed by atoms with E-state index in [1.165, 1.54) is 40.7 Å². The minimum atomic E-state index is 0.319. The summed E-state index contributed by atoms with van der Waals surface area (Å²) in [5, 5.41) is 0. The molecule has 0 heterocycles. The fourth-order valence-electron chi connectivity index (χ4n) is 4.34. The highest BCUT2D eigenvalue weighted by Crippen LogP contribution is 2.60. The van der Waals surface area contributed by atoms with Gasteiger partial charge in [0.05, 0.1) is 0 Å². The monoisotopic (exact) mass is 238 g/mol. The molecule has 18 heavy (non-hydrogen) atoms. The van der Waals surface area contributed by atoms with Gasteiger partial charge in [0.25, 0.3) is 0 Å². The molecule has 1 aromatic carbocycles. The van der Waals surface area contributed by atoms with E-state index in [9.17, 15) is 4.79 Å². The quantitative estimate of drug-likeness (QED) is 0.674. The second-order valence-electron chi connectivity index (χ2n) is 6.39. The van der Waals surface area contributed by atoms with Crippen LogP contribution in [0.4, 0.5) is 0 Å². The van der Waals surface area contributed by atoms with Crippen molar-refractivity contribution in [1.29, 1.82) is 0 Å². The van der Waals surface area contributed by atoms with E-state index in [2.05, 4.69) is 26.0 Å². The molecule has 0 radical (unpaired) electrons. The van der Waals surface area contributed by atoms with Crippen molar-refractivity contribution in [3.63, 3.8) is 0 Å². The smallest absolute Gasteiger partial charge is 0.159 e. The van der Waals surface area contributed by atoms with Gasteiger partial charge in [0, 0.05) is 11.3 Å². The Kier molecular flexibility index (Phi) is 1.84. The maximum Gasteiger partial charge on any atom is 0.159 e. The van der Waals surface area contributed by atoms with E-state index in [1.54, 1.807) is 0 Å². The van der Waals surface area contributed by atoms with Crippen molar-refractivity contribution < 1.29 is 4.79 Å². The fraction of sp³-hybridized carbons (Fsp3) is 0.471. The molecule has 1 saturated carbocycles. The van der Waals surface area contributed by atoms with Gasteiger partial charge < -0.3 is 0 Å². The highest BCUT2D eigenvalue weighted by atomic mass is 16.1. The van der Waals surface area contributed by atoms with Gasteiger partial charge in [-0.1, -0.05) is 12.1 Å². The van der Waals surface area contributed by atoms with E-state index >= 15 is 0 Å². The van der Waals surface area contributed by atoms with Crippen molar-refractivity contribution in [2.75, 3.05) is 0 Å². The number of carbonyl (C=O) groups excluding carboxylic acids is 1. The Hall–Kier alpha value is -1.37. The lowest BCUT2D eigenvalue weighted by Gasteiger charge is -2.28. The van der Waals surface area contributed by atoms with Crippen molar-refractivity contribution >= 4 is 11.4 Å². The van der Waals surface area contributed by atoms with Crippen LogP contribution in [0.3, 0.4) is 0 Å². The zero-order valence-electron chi connectivity index (χ0n) is 11.0. The SMILES string of the molecule is Cc1ccc2c(c1C)CC13CCC(C1)C(=O)C=C23. The summed E-state index contributed by atoms with van der Waals surface area (Å²) in [7, 11) is 0. The van der Waals surface area contributed by atoms with Crippen molar-refractivity contribution in [1.82, 2.24) is 0 Å². The van der Waals surface area contributed by atoms with Crippen molar-refractivity contribution in [2.45, 2.75) is 39.5 Å². The first-order valence-corrected chi connectivity index (χ1v) is 6.96. The summed E-state index contributed by atoms with van der Waals surface area (Å²) in [6.45, 7) is 4.42. The highest BCUT2D eigenvalue weighted by Gasteiger charge is 2.51. The molecule has 92 valence electrons. The zero-order chi connectivity index (χ0) is 12.5. The van der Waals surface area contributed by atoms with Gasteiger partial charge >= 0.3 is 0 Å². The molecule has 2 unspecified atom stereocenters. The Morgan fingerprint density at radius 3 is 2.94 bits per heavy atom. The molecule has 0 aliphatic heterocycles. The molecule has 3 aliphatic carbocycles. The van der Waals surface area contributed by atoms with E-state index < -0.39 is 0 Å². The van der Waals surface area contributed by atoms with Gasteiger partial charge in [-0.05, 0) is 73.4 Å². The van der Waals surface area contributed by atoms with Crippen LogP contribution in [0.5, 0.6) is 0 Å². The van der Waals surface area contributed by atoms with Gasteiger partial charge in [-0.2, -0.15) is 0 Å². The summed E-state index contributed by atoms with van der Waals surface area (Å²) in [5.41, 5.74) is 7.38. The summed E-state index contributed by atoms with van der Waals surface area (Å²) in [6.07, 6.45) is 6.56. The Bertz CT molecular complexity index is 608. The maximum absolute atomic E-state index is 12.1. The molecule has 3 aliphatic rings. The Balaban J connectivity index is 1.98. The third-order valence-corrected chi connectivity index (χ3v) is 5.54. The van der Waals surface area contributed by atoms with Gasteiger partial charge in [-0.3, -0.25) is 4.79 Å². The Morgan fingerprint density at radius 1 is 1.28 bits per heavy atom. The first-order valence-electron chi connectivity index (χ1n) is 6.96. The number of fused-ring (bicyclic) bond motifs is 3. The fourth-order valence-corrected chi connectivity index (χ4v) is 4.34. The van der Waals surface area contributed by atoms with Crippen LogP contribution < -0.4 is 0 Å². The summed E-state index contributed by atoms with van der Waals surface area (Å²) >= 11 is 0. The van der Waals surface area contributed by atoms with Crippen LogP contribution in [-0.2, 0) is 11.2 Å². The summed E-state index contributed by atoms with van der Waals surface area (Å²) in [5.74, 6) is 0.702. The molecular formula is C17H18O. The van der Waals surface area contributed by atoms with Crippen LogP contribution in [0, 0.1) is 25.2 Å². The van der Waals surface area contributed by atoms with E-state index in [1.807, 2.05) is 6.08 Å². The number of hydrogen-bond acceptors (Lipinski definition) is 1. The number of carbonyl (C=O) groups is 1. The number of aryl methyl sites for hydroxylation is 1. The van der Waals surface area contributed by atoms with Crippen LogP contribution in [0.25, 0.3) is 5.57 Å². The van der Waals surface area contributed by atoms with Crippen LogP contribution in [0.2, 0.25) is 0 Å². The van der Waals surface area contributed by atoms with Gasteiger partial charge in [0.1, 0.15) is 0 Å². The van der Waals surface area contributed by atoms with Gasteiger partial charge in [-0.15, -0.1) is 0 Å². The van der Waals surface area contributed by atoms with E-state index in [0.717, 1.165) is 12.8 Å². The zero-order valence-corrected chi connectivity index (χ0v) is 11.0. The molecule has 1 aromatic rings. The molecule has 0 saturated heterocycles. The molecule has 4 rings (SSSR count). The Labute approximate surface area is 108 Å². The van der Waals surface area contributed by atoms with Crippen molar-refractivity contribution in [2.24, 2.45) is 11.3 Å². The highest BCUT2D eigenvalue weighted by molar-refractivity contribution is 6.03.